The number of carbonyl (C=O) groups excluding carboxylic acids is 3. The van der Waals surface area contributed by atoms with Gasteiger partial charge in [-0.05, 0) is 0 Å². The molecule has 0 radical (unpaired) electrons. The maximum Gasteiger partial charge on any atom is 0.327 e. The number of imide groups is 1. The van der Waals surface area contributed by atoms with Crippen LogP contribution in [0.2, 0.25) is 0 Å². The third-order valence-corrected chi connectivity index (χ3v) is 2.86. The molecule has 0 atom stereocenters. The van der Waals surface area contributed by atoms with Crippen molar-refractivity contribution in [3.8, 4) is 0 Å². The van der Waals surface area contributed by atoms with Crippen LogP contribution in [0.4, 0.5) is 0 Å². The normalized spacial score (nSPS) is 15.3. The van der Waals surface area contributed by atoms with Gasteiger partial charge in [0.2, 0.25) is 16.9 Å². The Bertz CT molecular complexity index is 359. The fraction of sp³-hybridized carbons (Fsp3) is 0.500. The molecule has 15 heavy (non-hydrogen) atoms. The number of hydrogen-bond donors (Lipinski definition) is 2. The third kappa shape index (κ3) is 9.38. The summed E-state index contributed by atoms with van der Waals surface area (Å²) in [5.41, 5.74) is 0. The van der Waals surface area contributed by atoms with Crippen molar-refractivity contribution in [2.45, 2.75) is 19.8 Å². The minimum atomic E-state index is -4.16. The maximum atomic E-state index is 10.1. The van der Waals surface area contributed by atoms with Gasteiger partial charge in [0.05, 0.1) is 10.8 Å². The molecule has 1 saturated heterocycles. The lowest BCUT2D eigenvalue weighted by molar-refractivity contribution is -0.124. The summed E-state index contributed by atoms with van der Waals surface area (Å²) in [6, 6.07) is 0. The second-order valence-corrected chi connectivity index (χ2v) is 5.83. The molecule has 1 heterocycles. The predicted molar refractivity (Wildman–Crippen MR) is 52.2 cm³/mol. The van der Waals surface area contributed by atoms with E-state index < -0.39 is 14.3 Å². The van der Waals surface area contributed by atoms with Gasteiger partial charge in [0, 0.05) is 19.8 Å². The Hall–Kier alpha value is -0.930. The van der Waals surface area contributed by atoms with Crippen LogP contribution in [0.15, 0.2) is 0 Å². The molecule has 0 aromatic rings. The smallest absolute Gasteiger partial charge is 0.296 e. The van der Waals surface area contributed by atoms with E-state index >= 15 is 0 Å². The fourth-order valence-electron chi connectivity index (χ4n) is 0.656. The number of amides is 2. The first-order chi connectivity index (χ1) is 6.70. The molecule has 1 fully saturated rings. The lowest BCUT2D eigenvalue weighted by Gasteiger charge is -1.84. The molecule has 0 bridgehead atoms. The first kappa shape index (κ1) is 14.1. The van der Waals surface area contributed by atoms with Crippen LogP contribution in [0.25, 0.3) is 0 Å². The molecule has 1 rings (SSSR count). The van der Waals surface area contributed by atoms with E-state index in [1.807, 2.05) is 0 Å². The summed E-state index contributed by atoms with van der Waals surface area (Å²) >= 11 is 0. The van der Waals surface area contributed by atoms with E-state index in [1.54, 1.807) is 0 Å². The molecule has 86 valence electrons. The summed E-state index contributed by atoms with van der Waals surface area (Å²) in [5, 5.41) is 1.49. The lowest BCUT2D eigenvalue weighted by atomic mass is 10.4. The summed E-state index contributed by atoms with van der Waals surface area (Å²) in [4.78, 5) is 30.1. The molecule has 7 nitrogen and oxygen atoms in total. The largest absolute Gasteiger partial charge is 0.327 e. The summed E-state index contributed by atoms with van der Waals surface area (Å²) in [6.45, 7) is 1.05. The minimum Gasteiger partial charge on any atom is -0.296 e. The van der Waals surface area contributed by atoms with Crippen LogP contribution in [0.3, 0.4) is 0 Å². The molecule has 2 N–H and O–H groups in total. The van der Waals surface area contributed by atoms with Crippen LogP contribution in [-0.2, 0) is 23.5 Å². The van der Waals surface area contributed by atoms with E-state index in [9.17, 15) is 22.8 Å². The molecule has 0 saturated carbocycles. The molecule has 9 heteroatoms. The van der Waals surface area contributed by atoms with Crippen molar-refractivity contribution in [1.29, 1.82) is 0 Å². The topological polar surface area (TPSA) is 118 Å². The van der Waals surface area contributed by atoms with Gasteiger partial charge in [-0.25, -0.2) is 0 Å². The zero-order valence-electron chi connectivity index (χ0n) is 7.72. The predicted octanol–water partition coefficient (Wildman–Crippen LogP) is -0.508. The zero-order chi connectivity index (χ0) is 12.1. The molecule has 0 aromatic carbocycles. The number of hydrogen-bond acceptors (Lipinski definition) is 6. The quantitative estimate of drug-likeness (QED) is 0.368. The van der Waals surface area contributed by atoms with Crippen molar-refractivity contribution in [2.24, 2.45) is 0 Å². The Kier molecular flexibility index (Phi) is 5.47. The molecule has 0 aliphatic carbocycles. The van der Waals surface area contributed by atoms with Crippen LogP contribution in [-0.4, -0.2) is 29.9 Å². The van der Waals surface area contributed by atoms with Crippen molar-refractivity contribution in [3.63, 3.8) is 0 Å². The van der Waals surface area contributed by atoms with Gasteiger partial charge in [-0.3, -0.25) is 24.3 Å². The zero-order valence-corrected chi connectivity index (χ0v) is 9.35. The highest BCUT2D eigenvalue weighted by atomic mass is 33.1. The monoisotopic (exact) mass is 255 g/mol. The number of carbonyl (C=O) groups is 3. The lowest BCUT2D eigenvalue weighted by Crippen LogP contribution is -2.18. The van der Waals surface area contributed by atoms with Crippen LogP contribution < -0.4 is 5.32 Å². The highest BCUT2D eigenvalue weighted by Gasteiger charge is 2.15. The summed E-state index contributed by atoms with van der Waals surface area (Å²) in [7, 11) is -4.26. The summed E-state index contributed by atoms with van der Waals surface area (Å²) in [6.07, 6.45) is 0.748. The first-order valence-corrected chi connectivity index (χ1v) is 6.48. The maximum absolute atomic E-state index is 10.1. The van der Waals surface area contributed by atoms with Crippen molar-refractivity contribution in [2.75, 3.05) is 0 Å². The van der Waals surface area contributed by atoms with E-state index in [2.05, 4.69) is 5.32 Å². The Morgan fingerprint density at radius 1 is 1.33 bits per heavy atom. The second-order valence-electron chi connectivity index (χ2n) is 2.47. The van der Waals surface area contributed by atoms with Gasteiger partial charge < -0.3 is 0 Å². The SMILES string of the molecule is CC(=O)SS(=O)(=O)O.O=C1CCC(=O)N1. The van der Waals surface area contributed by atoms with E-state index in [4.69, 9.17) is 4.55 Å². The minimum absolute atomic E-state index is 0.0995. The third-order valence-electron chi connectivity index (χ3n) is 1.08. The van der Waals surface area contributed by atoms with E-state index in [1.165, 1.54) is 0 Å². The highest BCUT2D eigenvalue weighted by Crippen LogP contribution is 2.08. The second kappa shape index (κ2) is 5.83. The summed E-state index contributed by atoms with van der Waals surface area (Å²) < 4.78 is 27.4. The van der Waals surface area contributed by atoms with Crippen molar-refractivity contribution >= 4 is 36.9 Å². The van der Waals surface area contributed by atoms with Crippen LogP contribution in [0, 0.1) is 0 Å². The van der Waals surface area contributed by atoms with Gasteiger partial charge in [0.1, 0.15) is 0 Å². The standard InChI is InChI=1S/C4H5NO2.C2H4O4S2/c6-3-1-2-4(7)5-3;1-2(3)7-8(4,5)6/h1-2H2,(H,5,6,7);1H3,(H,4,5,6). The van der Waals surface area contributed by atoms with Gasteiger partial charge in [0.15, 0.2) is 0 Å². The molecule has 0 spiro atoms. The van der Waals surface area contributed by atoms with Gasteiger partial charge in [-0.15, -0.1) is 0 Å². The Morgan fingerprint density at radius 2 is 1.73 bits per heavy atom. The number of nitrogens with one attached hydrogen (secondary N) is 1. The van der Waals surface area contributed by atoms with Crippen LogP contribution in [0.1, 0.15) is 19.8 Å². The molecule has 2 amide bonds. The molecule has 0 unspecified atom stereocenters. The van der Waals surface area contributed by atoms with Gasteiger partial charge in [-0.1, -0.05) is 0 Å². The van der Waals surface area contributed by atoms with Gasteiger partial charge in [-0.2, -0.15) is 8.42 Å². The summed E-state index contributed by atoms with van der Waals surface area (Å²) in [5.74, 6) is -0.296. The van der Waals surface area contributed by atoms with Crippen molar-refractivity contribution < 1.29 is 27.4 Å². The first-order valence-electron chi connectivity index (χ1n) is 3.71. The average molecular weight is 255 g/mol. The van der Waals surface area contributed by atoms with E-state index in [-0.39, 0.29) is 22.6 Å². The van der Waals surface area contributed by atoms with E-state index in [0.717, 1.165) is 6.92 Å². The van der Waals surface area contributed by atoms with Gasteiger partial charge in [0.25, 0.3) is 0 Å². The van der Waals surface area contributed by atoms with Crippen molar-refractivity contribution in [1.82, 2.24) is 5.32 Å². The van der Waals surface area contributed by atoms with E-state index in [0.29, 0.717) is 12.8 Å². The molecule has 1 aliphatic heterocycles. The number of rotatable bonds is 1. The van der Waals surface area contributed by atoms with Crippen LogP contribution in [0.5, 0.6) is 0 Å². The molecule has 0 aromatic heterocycles. The Morgan fingerprint density at radius 3 is 1.80 bits per heavy atom. The highest BCUT2D eigenvalue weighted by molar-refractivity contribution is 8.75. The molecular weight excluding hydrogens is 246 g/mol. The Labute approximate surface area is 89.8 Å². The van der Waals surface area contributed by atoms with Crippen LogP contribution >= 0.6 is 10.8 Å². The van der Waals surface area contributed by atoms with Gasteiger partial charge >= 0.3 is 9.15 Å². The Balaban J connectivity index is 0.000000262. The average Bonchev–Trinajstić information content (AvgIpc) is 2.29. The molecular formula is C6H9NO6S2. The van der Waals surface area contributed by atoms with Crippen molar-refractivity contribution in [3.05, 3.63) is 0 Å². The fourth-order valence-corrected chi connectivity index (χ4v) is 1.84. The molecule has 1 aliphatic rings.